The molecule has 3 heteroatoms. The lowest BCUT2D eigenvalue weighted by atomic mass is 10.3. The Balaban J connectivity index is 1.72. The summed E-state index contributed by atoms with van der Waals surface area (Å²) in [5.41, 5.74) is 0. The molecule has 1 aromatic heterocycles. The summed E-state index contributed by atoms with van der Waals surface area (Å²) in [4.78, 5) is 4.01. The molecular formula is C10H15N2S. The number of thiophene rings is 1. The van der Waals surface area contributed by atoms with Gasteiger partial charge in [0.1, 0.15) is 0 Å². The van der Waals surface area contributed by atoms with Crippen molar-refractivity contribution in [1.29, 1.82) is 0 Å². The van der Waals surface area contributed by atoms with E-state index in [2.05, 4.69) is 27.7 Å². The monoisotopic (exact) mass is 195 g/mol. The molecule has 1 aliphatic rings. The van der Waals surface area contributed by atoms with Crippen LogP contribution < -0.4 is 5.32 Å². The Kier molecular flexibility index (Phi) is 3.35. The van der Waals surface area contributed by atoms with E-state index in [1.54, 1.807) is 0 Å². The van der Waals surface area contributed by atoms with Gasteiger partial charge in [0.2, 0.25) is 0 Å². The third-order valence-corrected chi connectivity index (χ3v) is 3.34. The third-order valence-electron chi connectivity index (χ3n) is 2.40. The second-order valence-electron chi connectivity index (χ2n) is 3.34. The minimum atomic E-state index is 1.03. The van der Waals surface area contributed by atoms with Crippen LogP contribution in [0.1, 0.15) is 4.88 Å². The maximum atomic E-state index is 4.33. The first-order valence-electron chi connectivity index (χ1n) is 4.83. The minimum Gasteiger partial charge on any atom is -0.300 e. The van der Waals surface area contributed by atoms with Gasteiger partial charge in [-0.1, -0.05) is 6.07 Å². The maximum absolute atomic E-state index is 4.33. The lowest BCUT2D eigenvalue weighted by Gasteiger charge is -2.25. The third kappa shape index (κ3) is 2.79. The van der Waals surface area contributed by atoms with Crippen molar-refractivity contribution in [2.45, 2.75) is 6.42 Å². The van der Waals surface area contributed by atoms with Crippen LogP contribution in [-0.4, -0.2) is 37.6 Å². The van der Waals surface area contributed by atoms with E-state index in [0.29, 0.717) is 0 Å². The maximum Gasteiger partial charge on any atom is 0.0261 e. The number of piperazine rings is 1. The fourth-order valence-corrected chi connectivity index (χ4v) is 2.29. The second kappa shape index (κ2) is 4.74. The van der Waals surface area contributed by atoms with E-state index < -0.39 is 0 Å². The topological polar surface area (TPSA) is 17.3 Å². The highest BCUT2D eigenvalue weighted by atomic mass is 32.1. The van der Waals surface area contributed by atoms with Crippen LogP contribution in [0.3, 0.4) is 0 Å². The van der Waals surface area contributed by atoms with Crippen LogP contribution in [0.2, 0.25) is 0 Å². The van der Waals surface area contributed by atoms with E-state index >= 15 is 0 Å². The highest BCUT2D eigenvalue weighted by Gasteiger charge is 2.09. The van der Waals surface area contributed by atoms with Gasteiger partial charge in [0.05, 0.1) is 0 Å². The molecule has 0 bridgehead atoms. The first-order chi connectivity index (χ1) is 6.45. The summed E-state index contributed by atoms with van der Waals surface area (Å²) in [6.07, 6.45) is 1.21. The minimum absolute atomic E-state index is 1.03. The molecule has 1 saturated heterocycles. The summed E-state index contributed by atoms with van der Waals surface area (Å²) in [6, 6.07) is 4.35. The molecule has 0 spiro atoms. The van der Waals surface area contributed by atoms with Gasteiger partial charge >= 0.3 is 0 Å². The van der Waals surface area contributed by atoms with Gasteiger partial charge in [0.15, 0.2) is 0 Å². The van der Waals surface area contributed by atoms with Crippen LogP contribution in [0, 0.1) is 0 Å². The fourth-order valence-electron chi connectivity index (χ4n) is 1.59. The van der Waals surface area contributed by atoms with Crippen LogP contribution in [0.15, 0.2) is 17.5 Å². The van der Waals surface area contributed by atoms with Crippen molar-refractivity contribution in [3.63, 3.8) is 0 Å². The Morgan fingerprint density at radius 2 is 2.23 bits per heavy atom. The molecule has 0 saturated carbocycles. The van der Waals surface area contributed by atoms with Crippen LogP contribution >= 0.6 is 11.3 Å². The molecule has 2 nitrogen and oxygen atoms in total. The summed E-state index contributed by atoms with van der Waals surface area (Å²) >= 11 is 1.86. The number of nitrogens with zero attached hydrogens (tertiary/aromatic N) is 2. The predicted molar refractivity (Wildman–Crippen MR) is 56.3 cm³/mol. The summed E-state index contributed by atoms with van der Waals surface area (Å²) < 4.78 is 0. The van der Waals surface area contributed by atoms with Gasteiger partial charge in [-0.2, -0.15) is 0 Å². The first-order valence-corrected chi connectivity index (χ1v) is 5.71. The van der Waals surface area contributed by atoms with E-state index in [1.807, 2.05) is 11.3 Å². The smallest absolute Gasteiger partial charge is 0.0261 e. The second-order valence-corrected chi connectivity index (χ2v) is 4.37. The molecule has 0 amide bonds. The van der Waals surface area contributed by atoms with E-state index in [-0.39, 0.29) is 0 Å². The molecule has 1 fully saturated rings. The zero-order valence-electron chi connectivity index (χ0n) is 7.78. The van der Waals surface area contributed by atoms with Gasteiger partial charge in [-0.3, -0.25) is 0 Å². The highest BCUT2D eigenvalue weighted by Crippen LogP contribution is 2.09. The van der Waals surface area contributed by atoms with E-state index in [1.165, 1.54) is 17.8 Å². The van der Waals surface area contributed by atoms with Crippen LogP contribution in [0.4, 0.5) is 0 Å². The van der Waals surface area contributed by atoms with Crippen LogP contribution in [0.5, 0.6) is 0 Å². The summed E-state index contributed by atoms with van der Waals surface area (Å²) in [5, 5.41) is 6.49. The van der Waals surface area contributed by atoms with E-state index in [0.717, 1.165) is 26.2 Å². The Bertz CT molecular complexity index is 227. The number of hydrogen-bond donors (Lipinski definition) is 0. The molecule has 0 atom stereocenters. The molecule has 0 aromatic carbocycles. The fraction of sp³-hybridized carbons (Fsp3) is 0.600. The molecule has 0 aliphatic carbocycles. The van der Waals surface area contributed by atoms with Gasteiger partial charge in [0, 0.05) is 37.6 Å². The Morgan fingerprint density at radius 1 is 1.38 bits per heavy atom. The Morgan fingerprint density at radius 3 is 2.92 bits per heavy atom. The van der Waals surface area contributed by atoms with E-state index in [4.69, 9.17) is 0 Å². The molecule has 1 radical (unpaired) electrons. The van der Waals surface area contributed by atoms with Gasteiger partial charge < -0.3 is 4.90 Å². The van der Waals surface area contributed by atoms with Gasteiger partial charge in [-0.25, -0.2) is 5.32 Å². The molecule has 71 valence electrons. The van der Waals surface area contributed by atoms with Gasteiger partial charge in [-0.15, -0.1) is 11.3 Å². The Hall–Kier alpha value is -0.380. The molecular weight excluding hydrogens is 180 g/mol. The lowest BCUT2D eigenvalue weighted by Crippen LogP contribution is -2.41. The van der Waals surface area contributed by atoms with Gasteiger partial charge in [0.25, 0.3) is 0 Å². The zero-order chi connectivity index (χ0) is 8.93. The van der Waals surface area contributed by atoms with Gasteiger partial charge in [-0.05, 0) is 17.9 Å². The molecule has 0 unspecified atom stereocenters. The summed E-state index contributed by atoms with van der Waals surface area (Å²) in [6.45, 7) is 5.58. The average molecular weight is 195 g/mol. The standard InChI is InChI=1S/C10H15N2S/c1-2-10(13-9-1)3-6-12-7-4-11-5-8-12/h1-2,9H,3-8H2. The quantitative estimate of drug-likeness (QED) is 0.708. The first kappa shape index (κ1) is 9.19. The van der Waals surface area contributed by atoms with Crippen molar-refractivity contribution in [2.75, 3.05) is 32.7 Å². The van der Waals surface area contributed by atoms with Crippen molar-refractivity contribution in [2.24, 2.45) is 0 Å². The number of hydrogen-bond acceptors (Lipinski definition) is 2. The average Bonchev–Trinajstić information content (AvgIpc) is 2.69. The Labute approximate surface area is 83.6 Å². The molecule has 1 aromatic rings. The highest BCUT2D eigenvalue weighted by molar-refractivity contribution is 7.09. The molecule has 1 aliphatic heterocycles. The predicted octanol–water partition coefficient (Wildman–Crippen LogP) is 1.21. The van der Waals surface area contributed by atoms with Crippen molar-refractivity contribution in [1.82, 2.24) is 10.2 Å². The van der Waals surface area contributed by atoms with Crippen molar-refractivity contribution < 1.29 is 0 Å². The van der Waals surface area contributed by atoms with Crippen molar-refractivity contribution >= 4 is 11.3 Å². The molecule has 0 N–H and O–H groups in total. The van der Waals surface area contributed by atoms with Crippen molar-refractivity contribution in [3.05, 3.63) is 22.4 Å². The lowest BCUT2D eigenvalue weighted by molar-refractivity contribution is 0.242. The van der Waals surface area contributed by atoms with E-state index in [9.17, 15) is 0 Å². The van der Waals surface area contributed by atoms with Crippen LogP contribution in [0.25, 0.3) is 0 Å². The SMILES string of the molecule is c1csc(CCN2CC[N]CC2)c1. The normalized spacial score (nSPS) is 19.1. The molecule has 2 heterocycles. The van der Waals surface area contributed by atoms with Crippen LogP contribution in [-0.2, 0) is 6.42 Å². The largest absolute Gasteiger partial charge is 0.300 e. The number of rotatable bonds is 3. The molecule has 2 rings (SSSR count). The van der Waals surface area contributed by atoms with Crippen molar-refractivity contribution in [3.8, 4) is 0 Å². The molecule has 13 heavy (non-hydrogen) atoms. The summed E-state index contributed by atoms with van der Waals surface area (Å²) in [5.74, 6) is 0. The zero-order valence-corrected chi connectivity index (χ0v) is 8.59. The summed E-state index contributed by atoms with van der Waals surface area (Å²) in [7, 11) is 0.